The van der Waals surface area contributed by atoms with Crippen LogP contribution in [-0.4, -0.2) is 44.1 Å². The molecule has 5 heteroatoms. The average Bonchev–Trinajstić information content (AvgIpc) is 2.82. The van der Waals surface area contributed by atoms with Crippen molar-refractivity contribution in [1.82, 2.24) is 10.2 Å². The summed E-state index contributed by atoms with van der Waals surface area (Å²) in [5.41, 5.74) is 0.622. The van der Waals surface area contributed by atoms with E-state index in [4.69, 9.17) is 4.74 Å². The van der Waals surface area contributed by atoms with Crippen LogP contribution in [0.2, 0.25) is 0 Å². The molecule has 17 heavy (non-hydrogen) atoms. The maximum Gasteiger partial charge on any atom is 0.255 e. The van der Waals surface area contributed by atoms with Gasteiger partial charge in [-0.15, -0.1) is 11.3 Å². The molecule has 4 nitrogen and oxygen atoms in total. The van der Waals surface area contributed by atoms with E-state index in [1.807, 2.05) is 10.8 Å². The number of carbonyl (C=O) groups is 1. The Bertz CT molecular complexity index is 348. The maximum absolute atomic E-state index is 11.8. The SMILES string of the molecule is CCN(CC)CCNC(=O)c1cscc1OC. The maximum atomic E-state index is 11.8. The lowest BCUT2D eigenvalue weighted by molar-refractivity contribution is 0.0946. The van der Waals surface area contributed by atoms with Gasteiger partial charge in [0.15, 0.2) is 0 Å². The normalized spacial score (nSPS) is 10.6. The van der Waals surface area contributed by atoms with Crippen molar-refractivity contribution in [1.29, 1.82) is 0 Å². The molecule has 0 unspecified atom stereocenters. The van der Waals surface area contributed by atoms with Crippen LogP contribution in [0.15, 0.2) is 10.8 Å². The van der Waals surface area contributed by atoms with Crippen LogP contribution in [-0.2, 0) is 0 Å². The summed E-state index contributed by atoms with van der Waals surface area (Å²) in [4.78, 5) is 14.1. The van der Waals surface area contributed by atoms with Crippen molar-refractivity contribution >= 4 is 17.2 Å². The predicted molar refractivity (Wildman–Crippen MR) is 71.0 cm³/mol. The van der Waals surface area contributed by atoms with E-state index in [0.717, 1.165) is 19.6 Å². The van der Waals surface area contributed by atoms with Crippen LogP contribution in [0.1, 0.15) is 24.2 Å². The highest BCUT2D eigenvalue weighted by Crippen LogP contribution is 2.22. The highest BCUT2D eigenvalue weighted by molar-refractivity contribution is 7.08. The molecule has 0 saturated carbocycles. The molecular formula is C12H20N2O2S. The second-order valence-corrected chi connectivity index (χ2v) is 4.38. The highest BCUT2D eigenvalue weighted by Gasteiger charge is 2.12. The molecule has 0 radical (unpaired) electrons. The molecule has 1 heterocycles. The number of thiophene rings is 1. The quantitative estimate of drug-likeness (QED) is 0.809. The lowest BCUT2D eigenvalue weighted by Crippen LogP contribution is -2.34. The lowest BCUT2D eigenvalue weighted by atomic mass is 10.3. The van der Waals surface area contributed by atoms with E-state index in [1.54, 1.807) is 7.11 Å². The number of amides is 1. The first kappa shape index (κ1) is 14.0. The molecule has 1 N–H and O–H groups in total. The van der Waals surface area contributed by atoms with Gasteiger partial charge >= 0.3 is 0 Å². The van der Waals surface area contributed by atoms with Crippen molar-refractivity contribution in [3.05, 3.63) is 16.3 Å². The second kappa shape index (κ2) is 7.29. The van der Waals surface area contributed by atoms with Crippen LogP contribution < -0.4 is 10.1 Å². The van der Waals surface area contributed by atoms with Crippen molar-refractivity contribution in [3.63, 3.8) is 0 Å². The molecule has 0 spiro atoms. The molecule has 0 bridgehead atoms. The minimum absolute atomic E-state index is 0.0599. The van der Waals surface area contributed by atoms with Gasteiger partial charge in [0, 0.05) is 23.8 Å². The first-order valence-corrected chi connectivity index (χ1v) is 6.77. The molecule has 0 atom stereocenters. The standard InChI is InChI=1S/C12H20N2O2S/c1-4-14(5-2)7-6-13-12(15)10-8-17-9-11(10)16-3/h8-9H,4-7H2,1-3H3,(H,13,15). The van der Waals surface area contributed by atoms with Gasteiger partial charge in [0.25, 0.3) is 5.91 Å². The van der Waals surface area contributed by atoms with Crippen molar-refractivity contribution in [3.8, 4) is 5.75 Å². The molecule has 0 aromatic carbocycles. The fraction of sp³-hybridized carbons (Fsp3) is 0.583. The predicted octanol–water partition coefficient (Wildman–Crippen LogP) is 1.83. The van der Waals surface area contributed by atoms with Crippen LogP contribution in [0.3, 0.4) is 0 Å². The van der Waals surface area contributed by atoms with Gasteiger partial charge in [0.2, 0.25) is 0 Å². The number of likely N-dealkylation sites (N-methyl/N-ethyl adjacent to an activating group) is 1. The summed E-state index contributed by atoms with van der Waals surface area (Å²) in [5, 5.41) is 6.55. The van der Waals surface area contributed by atoms with Gasteiger partial charge < -0.3 is 15.0 Å². The topological polar surface area (TPSA) is 41.6 Å². The van der Waals surface area contributed by atoms with E-state index in [1.165, 1.54) is 11.3 Å². The van der Waals surface area contributed by atoms with Gasteiger partial charge in [-0.05, 0) is 13.1 Å². The highest BCUT2D eigenvalue weighted by atomic mass is 32.1. The molecule has 0 fully saturated rings. The Kier molecular flexibility index (Phi) is 6.00. The molecule has 0 aliphatic carbocycles. The lowest BCUT2D eigenvalue weighted by Gasteiger charge is -2.17. The fourth-order valence-corrected chi connectivity index (χ4v) is 2.35. The van der Waals surface area contributed by atoms with Crippen molar-refractivity contribution in [2.45, 2.75) is 13.8 Å². The molecule has 96 valence electrons. The summed E-state index contributed by atoms with van der Waals surface area (Å²) in [5.74, 6) is 0.589. The van der Waals surface area contributed by atoms with Gasteiger partial charge in [-0.25, -0.2) is 0 Å². The number of nitrogens with zero attached hydrogens (tertiary/aromatic N) is 1. The zero-order valence-electron chi connectivity index (χ0n) is 10.7. The Hall–Kier alpha value is -1.07. The summed E-state index contributed by atoms with van der Waals surface area (Å²) >= 11 is 1.47. The number of hydrogen-bond acceptors (Lipinski definition) is 4. The van der Waals surface area contributed by atoms with Gasteiger partial charge in [0.05, 0.1) is 12.7 Å². The summed E-state index contributed by atoms with van der Waals surface area (Å²) in [6.45, 7) is 7.80. The number of ether oxygens (including phenoxy) is 1. The first-order chi connectivity index (χ1) is 8.22. The third-order valence-corrected chi connectivity index (χ3v) is 3.42. The van der Waals surface area contributed by atoms with Gasteiger partial charge in [0.1, 0.15) is 5.75 Å². The molecule has 1 aromatic rings. The third kappa shape index (κ3) is 4.02. The number of hydrogen-bond donors (Lipinski definition) is 1. The van der Waals surface area contributed by atoms with Crippen LogP contribution in [0.5, 0.6) is 5.75 Å². The van der Waals surface area contributed by atoms with Crippen molar-refractivity contribution in [2.24, 2.45) is 0 Å². The van der Waals surface area contributed by atoms with Crippen molar-refractivity contribution < 1.29 is 9.53 Å². The fourth-order valence-electron chi connectivity index (χ4n) is 1.57. The van der Waals surface area contributed by atoms with E-state index in [0.29, 0.717) is 17.9 Å². The van der Waals surface area contributed by atoms with Crippen molar-refractivity contribution in [2.75, 3.05) is 33.3 Å². The third-order valence-electron chi connectivity index (χ3n) is 2.70. The van der Waals surface area contributed by atoms with E-state index in [2.05, 4.69) is 24.1 Å². The van der Waals surface area contributed by atoms with Gasteiger partial charge in [-0.1, -0.05) is 13.8 Å². The Morgan fingerprint density at radius 1 is 1.41 bits per heavy atom. The van der Waals surface area contributed by atoms with Crippen LogP contribution >= 0.6 is 11.3 Å². The monoisotopic (exact) mass is 256 g/mol. The average molecular weight is 256 g/mol. The molecule has 0 aliphatic rings. The smallest absolute Gasteiger partial charge is 0.255 e. The van der Waals surface area contributed by atoms with Crippen LogP contribution in [0.4, 0.5) is 0 Å². The minimum atomic E-state index is -0.0599. The first-order valence-electron chi connectivity index (χ1n) is 5.83. The zero-order valence-corrected chi connectivity index (χ0v) is 11.5. The largest absolute Gasteiger partial charge is 0.495 e. The van der Waals surface area contributed by atoms with Crippen LogP contribution in [0.25, 0.3) is 0 Å². The summed E-state index contributed by atoms with van der Waals surface area (Å²) in [6.07, 6.45) is 0. The molecule has 0 saturated heterocycles. The second-order valence-electron chi connectivity index (χ2n) is 3.64. The molecule has 1 amide bonds. The molecule has 0 aliphatic heterocycles. The summed E-state index contributed by atoms with van der Waals surface area (Å²) in [6, 6.07) is 0. The Morgan fingerprint density at radius 2 is 2.12 bits per heavy atom. The van der Waals surface area contributed by atoms with E-state index in [9.17, 15) is 4.79 Å². The Morgan fingerprint density at radius 3 is 2.71 bits per heavy atom. The zero-order chi connectivity index (χ0) is 12.7. The number of methoxy groups -OCH3 is 1. The number of nitrogens with one attached hydrogen (secondary N) is 1. The molecule has 1 aromatic heterocycles. The Labute approximate surface area is 107 Å². The minimum Gasteiger partial charge on any atom is -0.495 e. The summed E-state index contributed by atoms with van der Waals surface area (Å²) < 4.78 is 5.12. The van der Waals surface area contributed by atoms with E-state index < -0.39 is 0 Å². The van der Waals surface area contributed by atoms with E-state index >= 15 is 0 Å². The molecular weight excluding hydrogens is 236 g/mol. The number of rotatable bonds is 7. The number of carbonyl (C=O) groups excluding carboxylic acids is 1. The van der Waals surface area contributed by atoms with E-state index in [-0.39, 0.29) is 5.91 Å². The Balaban J connectivity index is 2.40. The van der Waals surface area contributed by atoms with Crippen LogP contribution in [0, 0.1) is 0 Å². The molecule has 1 rings (SSSR count). The summed E-state index contributed by atoms with van der Waals surface area (Å²) in [7, 11) is 1.58. The van der Waals surface area contributed by atoms with Gasteiger partial charge in [-0.3, -0.25) is 4.79 Å². The van der Waals surface area contributed by atoms with Gasteiger partial charge in [-0.2, -0.15) is 0 Å².